The zero-order chi connectivity index (χ0) is 39.2. The SMILES string of the molecule is CC(C)CCC[C@@]1(C)[C@H](CCC(C)C)C[C@@]2(CCC(C)C)C(=O)C(CCC(C)C)C([O-])[C@]1(C(=O)C(C)C)C2=O.CC12CC3CC(C)(C1)CC([NH3+])(C3)C2. The van der Waals surface area contributed by atoms with E-state index in [1.54, 1.807) is 0 Å². The monoisotopic (exact) mass is 726 g/mol. The standard InChI is InChI=1S/C35H61O4.C12H21N/c1-22(2)13-12-19-33(11)27(16-14-23(3)4)21-34(20-18-25(7)8)30(37)28(17-15-24(5)6)31(38)35(33,32(34)39)29(36)26(9)10;1-10-3-9-4-11(2,6-10)8-12(13,5-9)7-10/h22-28,31H,12-21H2,1-11H3;9H,3-8,13H2,1-2H3/q-1;/p+1/t27-,28?,31?,33+,34+,35-;/m1./s1. The number of hydrogen-bond acceptors (Lipinski definition) is 4. The summed E-state index contributed by atoms with van der Waals surface area (Å²) in [6.07, 6.45) is 14.6. The van der Waals surface area contributed by atoms with E-state index >= 15 is 4.79 Å². The summed E-state index contributed by atoms with van der Waals surface area (Å²) in [6.45, 7) is 28.1. The van der Waals surface area contributed by atoms with E-state index in [0.717, 1.165) is 44.4 Å². The molecule has 6 aliphatic carbocycles. The van der Waals surface area contributed by atoms with Crippen LogP contribution >= 0.6 is 0 Å². The molecule has 0 heterocycles. The van der Waals surface area contributed by atoms with Crippen LogP contribution in [0.2, 0.25) is 0 Å². The maximum absolute atomic E-state index is 15.1. The van der Waals surface area contributed by atoms with Crippen LogP contribution < -0.4 is 10.8 Å². The van der Waals surface area contributed by atoms with Crippen molar-refractivity contribution in [2.75, 3.05) is 0 Å². The van der Waals surface area contributed by atoms with Crippen molar-refractivity contribution < 1.29 is 25.2 Å². The highest BCUT2D eigenvalue weighted by molar-refractivity contribution is 6.22. The summed E-state index contributed by atoms with van der Waals surface area (Å²) in [4.78, 5) is 44.2. The summed E-state index contributed by atoms with van der Waals surface area (Å²) in [5.74, 6) is 0.898. The van der Waals surface area contributed by atoms with Gasteiger partial charge in [0.25, 0.3) is 0 Å². The minimum absolute atomic E-state index is 0.00562. The second-order valence-corrected chi connectivity index (χ2v) is 22.7. The van der Waals surface area contributed by atoms with Gasteiger partial charge in [-0.3, -0.25) is 14.4 Å². The number of hydrogen-bond donors (Lipinski definition) is 1. The molecule has 5 heteroatoms. The molecule has 52 heavy (non-hydrogen) atoms. The molecule has 8 atom stereocenters. The van der Waals surface area contributed by atoms with Gasteiger partial charge in [-0.2, -0.15) is 0 Å². The fraction of sp³-hybridized carbons (Fsp3) is 0.936. The molecular weight excluding hydrogens is 643 g/mol. The van der Waals surface area contributed by atoms with Crippen LogP contribution in [0.4, 0.5) is 0 Å². The van der Waals surface area contributed by atoms with Crippen LogP contribution in [0.25, 0.3) is 0 Å². The molecular formula is C47H83NO4. The van der Waals surface area contributed by atoms with Crippen molar-refractivity contribution in [3.05, 3.63) is 0 Å². The van der Waals surface area contributed by atoms with E-state index in [1.165, 1.54) is 38.5 Å². The van der Waals surface area contributed by atoms with Gasteiger partial charge in [0.1, 0.15) is 11.6 Å². The van der Waals surface area contributed by atoms with Gasteiger partial charge in [0, 0.05) is 31.1 Å². The number of ketones is 3. The minimum atomic E-state index is -1.63. The van der Waals surface area contributed by atoms with Crippen LogP contribution in [0.1, 0.15) is 193 Å². The second-order valence-electron chi connectivity index (χ2n) is 22.7. The third kappa shape index (κ3) is 8.22. The summed E-state index contributed by atoms with van der Waals surface area (Å²) in [5.41, 5.74) is 2.75. The number of quaternary nitrogens is 1. The van der Waals surface area contributed by atoms with E-state index < -0.39 is 34.2 Å². The molecule has 0 aromatic heterocycles. The lowest BCUT2D eigenvalue weighted by molar-refractivity contribution is -0.514. The molecule has 0 aromatic carbocycles. The highest BCUT2D eigenvalue weighted by Crippen LogP contribution is 2.68. The van der Waals surface area contributed by atoms with Gasteiger partial charge in [0.15, 0.2) is 5.78 Å². The Morgan fingerprint density at radius 3 is 1.69 bits per heavy atom. The highest BCUT2D eigenvalue weighted by Gasteiger charge is 2.75. The Hall–Kier alpha value is -1.07. The fourth-order valence-corrected chi connectivity index (χ4v) is 13.7. The van der Waals surface area contributed by atoms with Gasteiger partial charge in [0.05, 0.1) is 16.4 Å². The van der Waals surface area contributed by atoms with Crippen LogP contribution in [-0.2, 0) is 14.4 Å². The van der Waals surface area contributed by atoms with Gasteiger partial charge in [-0.25, -0.2) is 0 Å². The molecule has 5 nitrogen and oxygen atoms in total. The molecule has 3 N–H and O–H groups in total. The Labute approximate surface area is 320 Å². The smallest absolute Gasteiger partial charge is 0.159 e. The predicted octanol–water partition coefficient (Wildman–Crippen LogP) is 9.82. The minimum Gasteiger partial charge on any atom is -0.850 e. The van der Waals surface area contributed by atoms with E-state index in [1.807, 2.05) is 13.8 Å². The van der Waals surface area contributed by atoms with E-state index in [4.69, 9.17) is 0 Å². The molecule has 0 aromatic rings. The molecule has 6 aliphatic rings. The van der Waals surface area contributed by atoms with Crippen molar-refractivity contribution in [1.29, 1.82) is 0 Å². The van der Waals surface area contributed by atoms with Crippen LogP contribution in [0.3, 0.4) is 0 Å². The molecule has 4 unspecified atom stereocenters. The van der Waals surface area contributed by atoms with E-state index in [0.29, 0.717) is 65.7 Å². The zero-order valence-corrected chi connectivity index (χ0v) is 36.3. The summed E-state index contributed by atoms with van der Waals surface area (Å²) in [7, 11) is 0. The number of Topliss-reactive ketones (excluding diaryl/α,β-unsaturated/α-hetero) is 3. The second kappa shape index (κ2) is 15.8. The highest BCUT2D eigenvalue weighted by atomic mass is 16.3. The molecule has 6 fully saturated rings. The topological polar surface area (TPSA) is 102 Å². The van der Waals surface area contributed by atoms with Gasteiger partial charge < -0.3 is 10.8 Å². The van der Waals surface area contributed by atoms with Crippen LogP contribution in [-0.4, -0.2) is 29.0 Å². The number of carbonyl (C=O) groups excluding carboxylic acids is 3. The first kappa shape index (κ1) is 43.7. The lowest BCUT2D eigenvalue weighted by Gasteiger charge is -2.69. The lowest BCUT2D eigenvalue weighted by Crippen LogP contribution is -2.80. The number of fused-ring (bicyclic) bond motifs is 2. The van der Waals surface area contributed by atoms with Crippen molar-refractivity contribution in [2.24, 2.45) is 74.4 Å². The Bertz CT molecular complexity index is 1230. The summed E-state index contributed by atoms with van der Waals surface area (Å²) >= 11 is 0. The lowest BCUT2D eigenvalue weighted by atomic mass is 9.35. The molecule has 0 saturated heterocycles. The molecule has 300 valence electrons. The molecule has 0 spiro atoms. The van der Waals surface area contributed by atoms with Gasteiger partial charge in [-0.05, 0) is 110 Å². The summed E-state index contributed by atoms with van der Waals surface area (Å²) < 4.78 is 0. The Morgan fingerprint density at radius 1 is 0.712 bits per heavy atom. The van der Waals surface area contributed by atoms with E-state index in [-0.39, 0.29) is 23.3 Å². The van der Waals surface area contributed by atoms with Gasteiger partial charge in [-0.15, -0.1) is 0 Å². The molecule has 0 aliphatic heterocycles. The van der Waals surface area contributed by atoms with Crippen LogP contribution in [0, 0.1) is 74.4 Å². The van der Waals surface area contributed by atoms with Crippen molar-refractivity contribution >= 4 is 17.3 Å². The van der Waals surface area contributed by atoms with Crippen molar-refractivity contribution in [3.63, 3.8) is 0 Å². The normalized spacial score (nSPS) is 41.1. The Kier molecular flexibility index (Phi) is 13.3. The molecule has 6 bridgehead atoms. The van der Waals surface area contributed by atoms with Crippen molar-refractivity contribution in [2.45, 2.75) is 204 Å². The quantitative estimate of drug-likeness (QED) is 0.170. The number of rotatable bonds is 15. The molecule has 6 saturated carbocycles. The molecule has 6 rings (SSSR count). The third-order valence-corrected chi connectivity index (χ3v) is 15.2. The first-order valence-corrected chi connectivity index (χ1v) is 22.0. The fourth-order valence-electron chi connectivity index (χ4n) is 13.7. The van der Waals surface area contributed by atoms with Crippen LogP contribution in [0.15, 0.2) is 0 Å². The van der Waals surface area contributed by atoms with Gasteiger partial charge >= 0.3 is 0 Å². The van der Waals surface area contributed by atoms with Crippen LogP contribution in [0.5, 0.6) is 0 Å². The Morgan fingerprint density at radius 2 is 1.23 bits per heavy atom. The largest absolute Gasteiger partial charge is 0.850 e. The average molecular weight is 726 g/mol. The van der Waals surface area contributed by atoms with Crippen molar-refractivity contribution in [3.8, 4) is 0 Å². The average Bonchev–Trinajstić information content (AvgIpc) is 2.97. The Balaban J connectivity index is 0.000000381. The van der Waals surface area contributed by atoms with Gasteiger partial charge in [0.2, 0.25) is 0 Å². The summed E-state index contributed by atoms with van der Waals surface area (Å²) in [6, 6.07) is 0. The van der Waals surface area contributed by atoms with E-state index in [2.05, 4.69) is 81.9 Å². The predicted molar refractivity (Wildman–Crippen MR) is 212 cm³/mol. The maximum atomic E-state index is 15.1. The maximum Gasteiger partial charge on any atom is 0.159 e. The third-order valence-electron chi connectivity index (χ3n) is 15.2. The van der Waals surface area contributed by atoms with Gasteiger partial charge in [-0.1, -0.05) is 122 Å². The molecule has 0 radical (unpaired) electrons. The number of carbonyl (C=O) groups is 3. The first-order chi connectivity index (χ1) is 23.9. The summed E-state index contributed by atoms with van der Waals surface area (Å²) in [5, 5.41) is 14.9. The molecule has 0 amide bonds. The first-order valence-electron chi connectivity index (χ1n) is 22.0. The zero-order valence-electron chi connectivity index (χ0n) is 36.3. The van der Waals surface area contributed by atoms with Crippen molar-refractivity contribution in [1.82, 2.24) is 0 Å². The van der Waals surface area contributed by atoms with E-state index in [9.17, 15) is 14.7 Å².